The number of benzene rings is 2. The van der Waals surface area contributed by atoms with Gasteiger partial charge in [0.1, 0.15) is 11.6 Å². The lowest BCUT2D eigenvalue weighted by molar-refractivity contribution is 0.0748. The number of furan rings is 1. The molecule has 1 fully saturated rings. The van der Waals surface area contributed by atoms with Crippen LogP contribution in [0.5, 0.6) is 0 Å². The molecule has 8 heteroatoms. The molecule has 8 nitrogen and oxygen atoms in total. The highest BCUT2D eigenvalue weighted by Gasteiger charge is 2.29. The molecule has 1 aliphatic heterocycles. The van der Waals surface area contributed by atoms with Crippen molar-refractivity contribution in [3.63, 3.8) is 0 Å². The van der Waals surface area contributed by atoms with E-state index in [-0.39, 0.29) is 11.8 Å². The second kappa shape index (κ2) is 10.7. The van der Waals surface area contributed by atoms with E-state index in [0.29, 0.717) is 44.0 Å². The number of carbonyl (C=O) groups excluding carboxylic acids is 2. The Morgan fingerprint density at radius 1 is 0.950 bits per heavy atom. The molecule has 1 aliphatic rings. The zero-order valence-electron chi connectivity index (χ0n) is 22.6. The average molecular weight is 534 g/mol. The third-order valence-corrected chi connectivity index (χ3v) is 7.52. The molecule has 3 aromatic heterocycles. The normalized spacial score (nSPS) is 13.6. The third-order valence-electron chi connectivity index (χ3n) is 7.52. The van der Waals surface area contributed by atoms with Gasteiger partial charge in [-0.1, -0.05) is 42.0 Å². The fourth-order valence-electron chi connectivity index (χ4n) is 5.40. The van der Waals surface area contributed by atoms with Crippen molar-refractivity contribution in [2.45, 2.75) is 13.5 Å². The Hall–Kier alpha value is -4.85. The van der Waals surface area contributed by atoms with Crippen LogP contribution in [0.2, 0.25) is 0 Å². The summed E-state index contributed by atoms with van der Waals surface area (Å²) in [6.45, 7) is 4.87. The maximum Gasteiger partial charge on any atom is 0.256 e. The molecule has 0 bridgehead atoms. The number of pyridine rings is 1. The summed E-state index contributed by atoms with van der Waals surface area (Å²) in [6.07, 6.45) is 3.17. The number of fused-ring (bicyclic) bond motifs is 1. The van der Waals surface area contributed by atoms with E-state index < -0.39 is 0 Å². The van der Waals surface area contributed by atoms with Crippen molar-refractivity contribution in [3.8, 4) is 11.3 Å². The molecule has 2 amide bonds. The van der Waals surface area contributed by atoms with Crippen LogP contribution < -0.4 is 10.2 Å². The van der Waals surface area contributed by atoms with Crippen molar-refractivity contribution in [2.75, 3.05) is 31.1 Å². The number of hydrogen-bond acceptors (Lipinski definition) is 5. The number of hydrogen-bond donors (Lipinski definition) is 1. The molecule has 0 spiro atoms. The van der Waals surface area contributed by atoms with E-state index in [1.54, 1.807) is 24.6 Å². The second-order valence-electron chi connectivity index (χ2n) is 10.1. The summed E-state index contributed by atoms with van der Waals surface area (Å²) in [4.78, 5) is 35.2. The van der Waals surface area contributed by atoms with E-state index in [1.165, 1.54) is 0 Å². The molecular formula is C32H31N5O3. The molecule has 4 heterocycles. The highest BCUT2D eigenvalue weighted by molar-refractivity contribution is 6.13. The molecular weight excluding hydrogens is 502 g/mol. The zero-order chi connectivity index (χ0) is 27.6. The van der Waals surface area contributed by atoms with Crippen molar-refractivity contribution >= 4 is 28.5 Å². The number of nitrogens with zero attached hydrogens (tertiary/aromatic N) is 4. The third kappa shape index (κ3) is 4.84. The Morgan fingerprint density at radius 2 is 1.75 bits per heavy atom. The van der Waals surface area contributed by atoms with E-state index in [0.717, 1.165) is 39.1 Å². The van der Waals surface area contributed by atoms with Gasteiger partial charge in [-0.3, -0.25) is 9.59 Å². The maximum atomic E-state index is 14.1. The molecule has 1 saturated heterocycles. The van der Waals surface area contributed by atoms with Gasteiger partial charge in [0, 0.05) is 50.3 Å². The Labute approximate surface area is 232 Å². The van der Waals surface area contributed by atoms with E-state index in [9.17, 15) is 9.59 Å². The van der Waals surface area contributed by atoms with Crippen LogP contribution in [0.15, 0.2) is 89.7 Å². The van der Waals surface area contributed by atoms with Crippen LogP contribution in [-0.4, -0.2) is 52.4 Å². The van der Waals surface area contributed by atoms with Gasteiger partial charge in [0.05, 0.1) is 29.6 Å². The van der Waals surface area contributed by atoms with Crippen molar-refractivity contribution in [3.05, 3.63) is 108 Å². The summed E-state index contributed by atoms with van der Waals surface area (Å²) >= 11 is 0. The summed E-state index contributed by atoms with van der Waals surface area (Å²) in [5.74, 6) is 1.33. The smallest absolute Gasteiger partial charge is 0.256 e. The topological polar surface area (TPSA) is 83.6 Å². The Bertz CT molecular complexity index is 1650. The monoisotopic (exact) mass is 533 g/mol. The van der Waals surface area contributed by atoms with Crippen molar-refractivity contribution in [1.29, 1.82) is 0 Å². The molecule has 202 valence electrons. The number of rotatable bonds is 6. The van der Waals surface area contributed by atoms with Crippen LogP contribution in [0.3, 0.4) is 0 Å². The van der Waals surface area contributed by atoms with Crippen molar-refractivity contribution in [1.82, 2.24) is 19.8 Å². The summed E-state index contributed by atoms with van der Waals surface area (Å²) in [7, 11) is 2.03. The van der Waals surface area contributed by atoms with Crippen LogP contribution >= 0.6 is 0 Å². The van der Waals surface area contributed by atoms with Gasteiger partial charge >= 0.3 is 0 Å². The molecule has 5 aromatic rings. The molecule has 40 heavy (non-hydrogen) atoms. The number of anilines is 1. The second-order valence-corrected chi connectivity index (χ2v) is 10.1. The van der Waals surface area contributed by atoms with Crippen LogP contribution in [0, 0.1) is 6.92 Å². The minimum absolute atomic E-state index is 0.0474. The SMILES string of the molecule is Cc1ccc2c(c1)c(C(=O)N1CCN(c3ccc(C(=O)NCc4ccco4)cn3)CC1)c(-c1ccccc1)n2C. The van der Waals surface area contributed by atoms with Crippen LogP contribution in [0.25, 0.3) is 22.2 Å². The number of nitrogens with one attached hydrogen (secondary N) is 1. The fourth-order valence-corrected chi connectivity index (χ4v) is 5.40. The first-order valence-corrected chi connectivity index (χ1v) is 13.4. The van der Waals surface area contributed by atoms with E-state index in [4.69, 9.17) is 4.42 Å². The van der Waals surface area contributed by atoms with Crippen LogP contribution in [0.1, 0.15) is 32.0 Å². The Balaban J connectivity index is 1.17. The molecule has 6 rings (SSSR count). The van der Waals surface area contributed by atoms with Gasteiger partial charge in [0.15, 0.2) is 0 Å². The summed E-state index contributed by atoms with van der Waals surface area (Å²) in [6, 6.07) is 23.7. The molecule has 1 N–H and O–H groups in total. The predicted molar refractivity (Wildman–Crippen MR) is 155 cm³/mol. The Kier molecular flexibility index (Phi) is 6.82. The maximum absolute atomic E-state index is 14.1. The van der Waals surface area contributed by atoms with Crippen LogP contribution in [-0.2, 0) is 13.6 Å². The number of aryl methyl sites for hydroxylation is 2. The van der Waals surface area contributed by atoms with Crippen molar-refractivity contribution in [2.24, 2.45) is 7.05 Å². The van der Waals surface area contributed by atoms with Gasteiger partial charge in [-0.2, -0.15) is 0 Å². The lowest BCUT2D eigenvalue weighted by atomic mass is 10.0. The number of amides is 2. The fraction of sp³-hybridized carbons (Fsp3) is 0.219. The van der Waals surface area contributed by atoms with Crippen LogP contribution in [0.4, 0.5) is 5.82 Å². The number of carbonyl (C=O) groups is 2. The highest BCUT2D eigenvalue weighted by atomic mass is 16.3. The lowest BCUT2D eigenvalue weighted by Gasteiger charge is -2.35. The minimum Gasteiger partial charge on any atom is -0.467 e. The largest absolute Gasteiger partial charge is 0.467 e. The first-order valence-electron chi connectivity index (χ1n) is 13.4. The lowest BCUT2D eigenvalue weighted by Crippen LogP contribution is -2.49. The highest BCUT2D eigenvalue weighted by Crippen LogP contribution is 2.35. The standard InChI is InChI=1S/C32H31N5O3/c1-22-10-12-27-26(19-22)29(30(35(27)2)23-7-4-3-5-8-23)32(39)37-16-14-36(15-17-37)28-13-11-24(20-33-28)31(38)34-21-25-9-6-18-40-25/h3-13,18-20H,14-17,21H2,1-2H3,(H,34,38). The average Bonchev–Trinajstić information content (AvgIpc) is 3.62. The summed E-state index contributed by atoms with van der Waals surface area (Å²) in [5.41, 5.74) is 5.38. The van der Waals surface area contributed by atoms with Gasteiger partial charge in [-0.05, 0) is 48.9 Å². The number of aromatic nitrogens is 2. The van der Waals surface area contributed by atoms with Gasteiger partial charge in [0.2, 0.25) is 0 Å². The molecule has 0 unspecified atom stereocenters. The predicted octanol–water partition coefficient (Wildman–Crippen LogP) is 5.03. The Morgan fingerprint density at radius 3 is 2.45 bits per heavy atom. The summed E-state index contributed by atoms with van der Waals surface area (Å²) < 4.78 is 7.39. The molecule has 0 radical (unpaired) electrons. The van der Waals surface area contributed by atoms with E-state index in [2.05, 4.69) is 57.0 Å². The van der Waals surface area contributed by atoms with Gasteiger partial charge in [0.25, 0.3) is 11.8 Å². The quantitative estimate of drug-likeness (QED) is 0.331. The van der Waals surface area contributed by atoms with Gasteiger partial charge in [-0.25, -0.2) is 4.98 Å². The molecule has 0 aliphatic carbocycles. The zero-order valence-corrected chi connectivity index (χ0v) is 22.6. The molecule has 0 saturated carbocycles. The number of piperazine rings is 1. The van der Waals surface area contributed by atoms with Gasteiger partial charge < -0.3 is 24.1 Å². The van der Waals surface area contributed by atoms with Crippen molar-refractivity contribution < 1.29 is 14.0 Å². The molecule has 2 aromatic carbocycles. The first kappa shape index (κ1) is 25.4. The first-order chi connectivity index (χ1) is 19.5. The van der Waals surface area contributed by atoms with E-state index >= 15 is 0 Å². The summed E-state index contributed by atoms with van der Waals surface area (Å²) in [5, 5.41) is 3.82. The van der Waals surface area contributed by atoms with E-state index in [1.807, 2.05) is 42.3 Å². The molecule has 0 atom stereocenters. The minimum atomic E-state index is -0.203. The van der Waals surface area contributed by atoms with Gasteiger partial charge in [-0.15, -0.1) is 0 Å².